The van der Waals surface area contributed by atoms with Crippen LogP contribution in [0, 0.1) is 23.7 Å². The maximum absolute atomic E-state index is 6.25. The molecule has 0 atom stereocenters. The molecule has 28 valence electrons. The molecular weight excluding hydrogens is 158 g/mol. The third kappa shape index (κ3) is 76.8. The van der Waals surface area contributed by atoms with Gasteiger partial charge in [-0.05, 0) is 0 Å². The maximum atomic E-state index is 6.25. The second-order valence-corrected chi connectivity index (χ2v) is 0. The van der Waals surface area contributed by atoms with Crippen molar-refractivity contribution in [2.24, 2.45) is 0 Å². The van der Waals surface area contributed by atoms with Crippen molar-refractivity contribution in [3.8, 4) is 0 Å². The molecule has 0 bridgehead atoms. The standard InChI is InChI=1S/2CN.Pd/c2*1-2;/q2*-1;+2. The summed E-state index contributed by atoms with van der Waals surface area (Å²) in [6.07, 6.45) is 0. The Labute approximate surface area is 44.7 Å². The van der Waals surface area contributed by atoms with Gasteiger partial charge >= 0.3 is 20.4 Å². The predicted molar refractivity (Wildman–Crippen MR) is 9.94 cm³/mol. The van der Waals surface area contributed by atoms with Gasteiger partial charge in [0.2, 0.25) is 0 Å². The van der Waals surface area contributed by atoms with E-state index in [1.807, 2.05) is 0 Å². The number of hydrogen-bond donors (Lipinski definition) is 0. The molecule has 0 aromatic carbocycles. The topological polar surface area (TPSA) is 47.6 Å². The molecule has 0 spiro atoms. The molecule has 0 aliphatic heterocycles. The summed E-state index contributed by atoms with van der Waals surface area (Å²) in [5, 5.41) is 12.5. The van der Waals surface area contributed by atoms with E-state index >= 15 is 0 Å². The van der Waals surface area contributed by atoms with Crippen LogP contribution in [-0.2, 0) is 20.4 Å². The molecule has 0 unspecified atom stereocenters. The van der Waals surface area contributed by atoms with Crippen molar-refractivity contribution in [2.75, 3.05) is 0 Å². The Balaban J connectivity index is -0.0000000133. The molecule has 0 aromatic rings. The van der Waals surface area contributed by atoms with Gasteiger partial charge in [-0.15, -0.1) is 0 Å². The Hall–Kier alpha value is -0.358. The SMILES string of the molecule is [C-]#N.[C-]#N.[Pd+2]. The zero-order chi connectivity index (χ0) is 4.00. The number of hydrogen-bond acceptors (Lipinski definition) is 2. The van der Waals surface area contributed by atoms with Crippen LogP contribution < -0.4 is 0 Å². The van der Waals surface area contributed by atoms with E-state index < -0.39 is 0 Å². The molecule has 3 heteroatoms. The van der Waals surface area contributed by atoms with Crippen LogP contribution in [-0.4, -0.2) is 0 Å². The molecule has 0 N–H and O–H groups in total. The van der Waals surface area contributed by atoms with Crippen LogP contribution in [0.4, 0.5) is 0 Å². The molecule has 5 heavy (non-hydrogen) atoms. The van der Waals surface area contributed by atoms with Crippen LogP contribution in [0.1, 0.15) is 0 Å². The summed E-state index contributed by atoms with van der Waals surface area (Å²) in [5.41, 5.74) is 0. The van der Waals surface area contributed by atoms with Gasteiger partial charge in [-0.3, -0.25) is 0 Å². The van der Waals surface area contributed by atoms with E-state index in [4.69, 9.17) is 23.7 Å². The Bertz CT molecular complexity index is 23.1. The van der Waals surface area contributed by atoms with Crippen molar-refractivity contribution < 1.29 is 20.4 Å². The van der Waals surface area contributed by atoms with Crippen molar-refractivity contribution in [1.29, 1.82) is 10.5 Å². The van der Waals surface area contributed by atoms with Crippen molar-refractivity contribution in [3.05, 3.63) is 13.1 Å². The first-order valence-electron chi connectivity index (χ1n) is 0.447. The fourth-order valence-corrected chi connectivity index (χ4v) is 0. The molecule has 2 nitrogen and oxygen atoms in total. The van der Waals surface area contributed by atoms with Gasteiger partial charge in [0.15, 0.2) is 0 Å². The van der Waals surface area contributed by atoms with Gasteiger partial charge in [0.05, 0.1) is 0 Å². The smallest absolute Gasteiger partial charge is 0.512 e. The summed E-state index contributed by atoms with van der Waals surface area (Å²) >= 11 is 0. The van der Waals surface area contributed by atoms with Gasteiger partial charge in [0, 0.05) is 0 Å². The molecule has 0 saturated heterocycles. The quantitative estimate of drug-likeness (QED) is 0.373. The first kappa shape index (κ1) is 22.8. The fourth-order valence-electron chi connectivity index (χ4n) is 0. The molecular formula is C2N2Pd. The first-order chi connectivity index (χ1) is 2.00. The summed E-state index contributed by atoms with van der Waals surface area (Å²) in [5.74, 6) is 0. The second-order valence-electron chi connectivity index (χ2n) is 0. The van der Waals surface area contributed by atoms with Gasteiger partial charge in [-0.2, -0.15) is 0 Å². The van der Waals surface area contributed by atoms with E-state index in [1.54, 1.807) is 0 Å². The molecule has 0 aromatic heterocycles. The summed E-state index contributed by atoms with van der Waals surface area (Å²) in [6.45, 7) is 9.50. The zero-order valence-corrected chi connectivity index (χ0v) is 3.77. The summed E-state index contributed by atoms with van der Waals surface area (Å²) in [4.78, 5) is 0. The van der Waals surface area contributed by atoms with Crippen molar-refractivity contribution in [3.63, 3.8) is 0 Å². The Morgan fingerprint density at radius 2 is 0.800 bits per heavy atom. The number of rotatable bonds is 0. The van der Waals surface area contributed by atoms with Gasteiger partial charge < -0.3 is 23.7 Å². The van der Waals surface area contributed by atoms with Crippen molar-refractivity contribution in [2.45, 2.75) is 0 Å². The largest absolute Gasteiger partial charge is 2.00 e. The zero-order valence-electron chi connectivity index (χ0n) is 2.21. The average Bonchev–Trinajstić information content (AvgIpc) is 1.50. The molecule has 0 aliphatic carbocycles. The van der Waals surface area contributed by atoms with E-state index in [2.05, 4.69) is 0 Å². The maximum Gasteiger partial charge on any atom is 2.00 e. The average molecular weight is 158 g/mol. The van der Waals surface area contributed by atoms with Crippen LogP contribution in [0.25, 0.3) is 0 Å². The van der Waals surface area contributed by atoms with Gasteiger partial charge in [-0.1, -0.05) is 0 Å². The molecule has 0 amide bonds. The number of nitrogens with zero attached hydrogens (tertiary/aromatic N) is 2. The predicted octanol–water partition coefficient (Wildman–Crippen LogP) is 0.190. The van der Waals surface area contributed by atoms with Gasteiger partial charge in [-0.25, -0.2) is 0 Å². The summed E-state index contributed by atoms with van der Waals surface area (Å²) in [7, 11) is 0. The van der Waals surface area contributed by atoms with E-state index in [-0.39, 0.29) is 20.4 Å². The summed E-state index contributed by atoms with van der Waals surface area (Å²) < 4.78 is 0. The van der Waals surface area contributed by atoms with Crippen LogP contribution in [0.15, 0.2) is 0 Å². The minimum atomic E-state index is 0. The Morgan fingerprint density at radius 3 is 0.800 bits per heavy atom. The fraction of sp³-hybridized carbons (Fsp3) is 0. The molecule has 0 saturated carbocycles. The molecule has 0 radical (unpaired) electrons. The van der Waals surface area contributed by atoms with E-state index in [0.717, 1.165) is 0 Å². The van der Waals surface area contributed by atoms with Crippen molar-refractivity contribution >= 4 is 0 Å². The van der Waals surface area contributed by atoms with Gasteiger partial charge in [0.1, 0.15) is 0 Å². The van der Waals surface area contributed by atoms with Gasteiger partial charge in [0.25, 0.3) is 0 Å². The Morgan fingerprint density at radius 1 is 0.800 bits per heavy atom. The normalized spacial score (nSPS) is 0.800. The first-order valence-corrected chi connectivity index (χ1v) is 0.447. The van der Waals surface area contributed by atoms with Crippen molar-refractivity contribution in [1.82, 2.24) is 0 Å². The van der Waals surface area contributed by atoms with E-state index in [0.29, 0.717) is 0 Å². The van der Waals surface area contributed by atoms with E-state index in [1.165, 1.54) is 0 Å². The summed E-state index contributed by atoms with van der Waals surface area (Å²) in [6, 6.07) is 0. The molecule has 0 rings (SSSR count). The second kappa shape index (κ2) is 199. The third-order valence-electron chi connectivity index (χ3n) is 0. The minimum Gasteiger partial charge on any atom is -0.512 e. The van der Waals surface area contributed by atoms with Crippen LogP contribution in [0.2, 0.25) is 0 Å². The molecule has 0 heterocycles. The van der Waals surface area contributed by atoms with Crippen LogP contribution >= 0.6 is 0 Å². The third-order valence-corrected chi connectivity index (χ3v) is 0. The molecule has 0 aliphatic rings. The monoisotopic (exact) mass is 158 g/mol. The molecule has 0 fully saturated rings. The minimum absolute atomic E-state index is 0. The van der Waals surface area contributed by atoms with Crippen LogP contribution in [0.5, 0.6) is 0 Å². The Kier molecular flexibility index (Phi) is 908. The van der Waals surface area contributed by atoms with E-state index in [9.17, 15) is 0 Å². The van der Waals surface area contributed by atoms with Crippen LogP contribution in [0.3, 0.4) is 0 Å².